The molecule has 1 N–H and O–H groups in total. The molecular formula is C9H11Cl2NO. The summed E-state index contributed by atoms with van der Waals surface area (Å²) in [6, 6.07) is 3.32. The molecule has 0 bridgehead atoms. The van der Waals surface area contributed by atoms with Gasteiger partial charge in [0, 0.05) is 5.56 Å². The van der Waals surface area contributed by atoms with E-state index in [4.69, 9.17) is 23.2 Å². The molecule has 72 valence electrons. The highest BCUT2D eigenvalue weighted by molar-refractivity contribution is 6.32. The van der Waals surface area contributed by atoms with Gasteiger partial charge in [0.25, 0.3) is 0 Å². The summed E-state index contributed by atoms with van der Waals surface area (Å²) in [6.07, 6.45) is -0.586. The monoisotopic (exact) mass is 219 g/mol. The number of halogens is 2. The molecule has 1 atom stereocenters. The first kappa shape index (κ1) is 10.8. The molecule has 4 heteroatoms. The highest BCUT2D eigenvalue weighted by atomic mass is 35.5. The number of rotatable bonds is 2. The lowest BCUT2D eigenvalue weighted by Gasteiger charge is -2.15. The van der Waals surface area contributed by atoms with E-state index in [1.54, 1.807) is 12.1 Å². The van der Waals surface area contributed by atoms with Crippen molar-refractivity contribution in [2.75, 3.05) is 0 Å². The van der Waals surface area contributed by atoms with Crippen LogP contribution in [0.4, 0.5) is 0 Å². The minimum Gasteiger partial charge on any atom is -0.388 e. The quantitative estimate of drug-likeness (QED) is 0.777. The van der Waals surface area contributed by atoms with Gasteiger partial charge in [0.1, 0.15) is 10.3 Å². The first-order chi connectivity index (χ1) is 6.02. The highest BCUT2D eigenvalue weighted by Crippen LogP contribution is 2.27. The Morgan fingerprint density at radius 2 is 1.92 bits per heavy atom. The van der Waals surface area contributed by atoms with Crippen LogP contribution in [0.2, 0.25) is 10.3 Å². The minimum atomic E-state index is -0.586. The van der Waals surface area contributed by atoms with Crippen molar-refractivity contribution in [3.8, 4) is 0 Å². The van der Waals surface area contributed by atoms with Crippen molar-refractivity contribution < 1.29 is 5.11 Å². The van der Waals surface area contributed by atoms with Gasteiger partial charge in [0.05, 0.1) is 6.10 Å². The summed E-state index contributed by atoms with van der Waals surface area (Å²) in [6.45, 7) is 3.82. The molecule has 1 aromatic rings. The van der Waals surface area contributed by atoms with Crippen LogP contribution in [0.3, 0.4) is 0 Å². The second-order valence-corrected chi connectivity index (χ2v) is 3.95. The van der Waals surface area contributed by atoms with E-state index < -0.39 is 6.10 Å². The fourth-order valence-electron chi connectivity index (χ4n) is 1.00. The second kappa shape index (κ2) is 4.27. The van der Waals surface area contributed by atoms with Crippen LogP contribution < -0.4 is 0 Å². The molecule has 1 unspecified atom stereocenters. The summed E-state index contributed by atoms with van der Waals surface area (Å²) >= 11 is 11.4. The van der Waals surface area contributed by atoms with Crippen LogP contribution >= 0.6 is 23.2 Å². The van der Waals surface area contributed by atoms with Gasteiger partial charge in [-0.15, -0.1) is 0 Å². The molecule has 1 rings (SSSR count). The zero-order valence-electron chi connectivity index (χ0n) is 7.46. The van der Waals surface area contributed by atoms with Crippen molar-refractivity contribution in [3.63, 3.8) is 0 Å². The van der Waals surface area contributed by atoms with Gasteiger partial charge in [0.2, 0.25) is 0 Å². The minimum absolute atomic E-state index is 0.112. The summed E-state index contributed by atoms with van der Waals surface area (Å²) in [5.74, 6) is 0.112. The van der Waals surface area contributed by atoms with Gasteiger partial charge in [-0.25, -0.2) is 4.98 Å². The van der Waals surface area contributed by atoms with E-state index in [9.17, 15) is 5.11 Å². The maximum Gasteiger partial charge on any atom is 0.136 e. The smallest absolute Gasteiger partial charge is 0.136 e. The molecular weight excluding hydrogens is 209 g/mol. The van der Waals surface area contributed by atoms with Gasteiger partial charge in [-0.1, -0.05) is 43.1 Å². The van der Waals surface area contributed by atoms with Crippen LogP contribution in [0.5, 0.6) is 0 Å². The first-order valence-electron chi connectivity index (χ1n) is 4.02. The molecule has 13 heavy (non-hydrogen) atoms. The molecule has 0 aliphatic carbocycles. The van der Waals surface area contributed by atoms with E-state index in [1.807, 2.05) is 13.8 Å². The van der Waals surface area contributed by atoms with Crippen LogP contribution in [-0.2, 0) is 0 Å². The number of aliphatic hydroxyl groups excluding tert-OH is 1. The van der Waals surface area contributed by atoms with Crippen molar-refractivity contribution in [1.29, 1.82) is 0 Å². The van der Waals surface area contributed by atoms with Gasteiger partial charge in [-0.2, -0.15) is 0 Å². The Balaban J connectivity index is 3.01. The third-order valence-electron chi connectivity index (χ3n) is 1.79. The zero-order valence-corrected chi connectivity index (χ0v) is 8.97. The maximum atomic E-state index is 9.70. The average Bonchev–Trinajstić information content (AvgIpc) is 2.03. The topological polar surface area (TPSA) is 33.1 Å². The number of pyridine rings is 1. The van der Waals surface area contributed by atoms with Gasteiger partial charge < -0.3 is 5.11 Å². The van der Waals surface area contributed by atoms with Crippen molar-refractivity contribution in [3.05, 3.63) is 28.0 Å². The third kappa shape index (κ3) is 2.56. The molecule has 1 heterocycles. The molecule has 0 saturated carbocycles. The van der Waals surface area contributed by atoms with Gasteiger partial charge in [-0.05, 0) is 12.0 Å². The van der Waals surface area contributed by atoms with Crippen molar-refractivity contribution in [2.45, 2.75) is 20.0 Å². The lowest BCUT2D eigenvalue weighted by atomic mass is 10.0. The summed E-state index contributed by atoms with van der Waals surface area (Å²) < 4.78 is 0. The van der Waals surface area contributed by atoms with Crippen molar-refractivity contribution in [2.24, 2.45) is 5.92 Å². The van der Waals surface area contributed by atoms with Gasteiger partial charge in [-0.3, -0.25) is 0 Å². The Kier molecular flexibility index (Phi) is 3.54. The molecule has 0 spiro atoms. The third-order valence-corrected chi connectivity index (χ3v) is 2.31. The first-order valence-corrected chi connectivity index (χ1v) is 4.78. The molecule has 0 aliphatic heterocycles. The fourth-order valence-corrected chi connectivity index (χ4v) is 1.46. The predicted octanol–water partition coefficient (Wildman–Crippen LogP) is 3.08. The molecule has 0 amide bonds. The number of nitrogens with zero attached hydrogens (tertiary/aromatic N) is 1. The molecule has 2 nitrogen and oxygen atoms in total. The normalized spacial score (nSPS) is 13.4. The van der Waals surface area contributed by atoms with Crippen molar-refractivity contribution >= 4 is 23.2 Å². The zero-order chi connectivity index (χ0) is 10.0. The second-order valence-electron chi connectivity index (χ2n) is 3.20. The van der Waals surface area contributed by atoms with Crippen LogP contribution in [0.25, 0.3) is 0 Å². The number of hydrogen-bond acceptors (Lipinski definition) is 2. The van der Waals surface area contributed by atoms with Crippen molar-refractivity contribution in [1.82, 2.24) is 4.98 Å². The molecule has 0 aliphatic rings. The van der Waals surface area contributed by atoms with E-state index in [0.29, 0.717) is 10.7 Å². The van der Waals surface area contributed by atoms with E-state index in [0.717, 1.165) is 0 Å². The summed E-state index contributed by atoms with van der Waals surface area (Å²) in [5.41, 5.74) is 0.626. The number of hydrogen-bond donors (Lipinski definition) is 1. The standard InChI is InChI=1S/C9H11Cl2NO/c1-5(2)8(13)6-3-4-7(10)12-9(6)11/h3-5,8,13H,1-2H3. The highest BCUT2D eigenvalue weighted by Gasteiger charge is 2.15. The van der Waals surface area contributed by atoms with Gasteiger partial charge >= 0.3 is 0 Å². The fraction of sp³-hybridized carbons (Fsp3) is 0.444. The summed E-state index contributed by atoms with van der Waals surface area (Å²) in [5, 5.41) is 10.3. The SMILES string of the molecule is CC(C)C(O)c1ccc(Cl)nc1Cl. The summed E-state index contributed by atoms with van der Waals surface area (Å²) in [4.78, 5) is 3.85. The Bertz CT molecular complexity index is 302. The Labute approximate surface area is 87.5 Å². The van der Waals surface area contributed by atoms with E-state index in [2.05, 4.69) is 4.98 Å². The van der Waals surface area contributed by atoms with E-state index in [1.165, 1.54) is 0 Å². The molecule has 1 aromatic heterocycles. The number of aliphatic hydroxyl groups is 1. The van der Waals surface area contributed by atoms with Crippen LogP contribution in [0, 0.1) is 5.92 Å². The predicted molar refractivity (Wildman–Crippen MR) is 54.1 cm³/mol. The Morgan fingerprint density at radius 3 is 2.38 bits per heavy atom. The lowest BCUT2D eigenvalue weighted by Crippen LogP contribution is -2.06. The van der Waals surface area contributed by atoms with E-state index in [-0.39, 0.29) is 11.1 Å². The molecule has 0 aromatic carbocycles. The molecule has 0 radical (unpaired) electrons. The van der Waals surface area contributed by atoms with Gasteiger partial charge in [0.15, 0.2) is 0 Å². The lowest BCUT2D eigenvalue weighted by molar-refractivity contribution is 0.126. The van der Waals surface area contributed by atoms with Crippen LogP contribution in [0.1, 0.15) is 25.5 Å². The van der Waals surface area contributed by atoms with E-state index >= 15 is 0 Å². The largest absolute Gasteiger partial charge is 0.388 e. The molecule has 0 fully saturated rings. The number of aromatic nitrogens is 1. The molecule has 0 saturated heterocycles. The Hall–Kier alpha value is -0.310. The average molecular weight is 220 g/mol. The van der Waals surface area contributed by atoms with Crippen LogP contribution in [0.15, 0.2) is 12.1 Å². The maximum absolute atomic E-state index is 9.70. The summed E-state index contributed by atoms with van der Waals surface area (Å²) in [7, 11) is 0. The Morgan fingerprint density at radius 1 is 1.31 bits per heavy atom. The van der Waals surface area contributed by atoms with Crippen LogP contribution in [-0.4, -0.2) is 10.1 Å².